The molecule has 2 aromatic heterocycles. The van der Waals surface area contributed by atoms with Gasteiger partial charge in [0.2, 0.25) is 11.8 Å². The van der Waals surface area contributed by atoms with Gasteiger partial charge >= 0.3 is 6.09 Å². The van der Waals surface area contributed by atoms with E-state index >= 15 is 0 Å². The molecule has 47 heavy (non-hydrogen) atoms. The largest absolute Gasteiger partial charge is 0.444 e. The molecule has 4 aliphatic carbocycles. The molecule has 5 aliphatic rings. The number of anilines is 1. The van der Waals surface area contributed by atoms with Crippen LogP contribution in [0.4, 0.5) is 10.5 Å². The maximum Gasteiger partial charge on any atom is 0.410 e. The Labute approximate surface area is 281 Å². The zero-order valence-corrected chi connectivity index (χ0v) is 28.9. The standard InChI is InChI=1S/C36H47N5O5S/c1-34(2,3)45-33(43)40-18-10-25(11-19-40)31(42)41(27-7-5-6-26(20-27)28-22-47-29(37-28)21-44-4)23-35-12-15-36(16-13-35,17-14-35)32-38-30(39-46-32)24-8-9-24/h5-7,20,22,24-25H,8-19,21,23H2,1-4H3. The number of carbonyl (C=O) groups is 2. The first-order chi connectivity index (χ1) is 22.6. The number of aromatic nitrogens is 3. The molecule has 4 saturated carbocycles. The Kier molecular flexibility index (Phi) is 8.66. The molecule has 1 aliphatic heterocycles. The number of methoxy groups -OCH3 is 1. The van der Waals surface area contributed by atoms with Gasteiger partial charge in [0, 0.05) is 60.6 Å². The van der Waals surface area contributed by atoms with E-state index in [9.17, 15) is 9.59 Å². The highest BCUT2D eigenvalue weighted by Crippen LogP contribution is 2.58. The van der Waals surface area contributed by atoms with Crippen LogP contribution in [0.25, 0.3) is 11.3 Å². The first-order valence-corrected chi connectivity index (χ1v) is 18.1. The lowest BCUT2D eigenvalue weighted by Gasteiger charge is -2.53. The molecule has 0 N–H and O–H groups in total. The monoisotopic (exact) mass is 661 g/mol. The molecule has 252 valence electrons. The minimum atomic E-state index is -0.549. The van der Waals surface area contributed by atoms with Crippen molar-refractivity contribution < 1.29 is 23.6 Å². The predicted octanol–water partition coefficient (Wildman–Crippen LogP) is 7.49. The third kappa shape index (κ3) is 6.84. The van der Waals surface area contributed by atoms with E-state index in [1.165, 1.54) is 0 Å². The lowest BCUT2D eigenvalue weighted by molar-refractivity contribution is -0.124. The molecule has 1 saturated heterocycles. The summed E-state index contributed by atoms with van der Waals surface area (Å²) in [5.74, 6) is 2.19. The molecule has 5 fully saturated rings. The zero-order chi connectivity index (χ0) is 32.8. The number of ether oxygens (including phenoxy) is 2. The Morgan fingerprint density at radius 3 is 2.43 bits per heavy atom. The van der Waals surface area contributed by atoms with Crippen molar-refractivity contribution >= 4 is 29.0 Å². The smallest absolute Gasteiger partial charge is 0.410 e. The maximum atomic E-state index is 14.6. The number of piperidine rings is 1. The topological polar surface area (TPSA) is 111 Å². The highest BCUT2D eigenvalue weighted by Gasteiger charge is 2.53. The number of hydrogen-bond donors (Lipinski definition) is 0. The van der Waals surface area contributed by atoms with Gasteiger partial charge in [-0.2, -0.15) is 4.98 Å². The van der Waals surface area contributed by atoms with Gasteiger partial charge in [0.05, 0.1) is 12.3 Å². The minimum absolute atomic E-state index is 0.0321. The van der Waals surface area contributed by atoms with Crippen LogP contribution in [0.1, 0.15) is 108 Å². The number of likely N-dealkylation sites (tertiary alicyclic amines) is 1. The number of benzene rings is 1. The van der Waals surface area contributed by atoms with Crippen molar-refractivity contribution in [3.05, 3.63) is 46.4 Å². The third-order valence-corrected chi connectivity index (χ3v) is 11.6. The van der Waals surface area contributed by atoms with Crippen LogP contribution in [0.2, 0.25) is 0 Å². The summed E-state index contributed by atoms with van der Waals surface area (Å²) in [7, 11) is 1.68. The first-order valence-electron chi connectivity index (χ1n) is 17.2. The van der Waals surface area contributed by atoms with E-state index in [2.05, 4.69) is 33.6 Å². The van der Waals surface area contributed by atoms with Crippen molar-refractivity contribution in [3.63, 3.8) is 0 Å². The summed E-state index contributed by atoms with van der Waals surface area (Å²) >= 11 is 1.58. The number of fused-ring (bicyclic) bond motifs is 3. The number of rotatable bonds is 9. The molecule has 3 aromatic rings. The number of thiazole rings is 1. The van der Waals surface area contributed by atoms with Gasteiger partial charge in [-0.05, 0) is 103 Å². The summed E-state index contributed by atoms with van der Waals surface area (Å²) in [6, 6.07) is 8.27. The van der Waals surface area contributed by atoms with E-state index < -0.39 is 5.60 Å². The summed E-state index contributed by atoms with van der Waals surface area (Å²) in [6.45, 7) is 7.83. The molecule has 3 heterocycles. The normalized spacial score (nSPS) is 24.8. The molecule has 8 rings (SSSR count). The number of hydrogen-bond acceptors (Lipinski definition) is 9. The second kappa shape index (κ2) is 12.6. The molecule has 0 unspecified atom stereocenters. The molecular weight excluding hydrogens is 614 g/mol. The summed E-state index contributed by atoms with van der Waals surface area (Å²) in [6.07, 6.45) is 9.39. The highest BCUT2D eigenvalue weighted by atomic mass is 32.1. The highest BCUT2D eigenvalue weighted by molar-refractivity contribution is 7.09. The van der Waals surface area contributed by atoms with Gasteiger partial charge in [0.1, 0.15) is 10.6 Å². The Hall–Kier alpha value is -3.31. The van der Waals surface area contributed by atoms with Gasteiger partial charge in [-0.3, -0.25) is 4.79 Å². The molecular formula is C36H47N5O5S. The van der Waals surface area contributed by atoms with Crippen LogP contribution in [-0.4, -0.2) is 64.4 Å². The molecule has 11 heteroatoms. The first kappa shape index (κ1) is 32.2. The third-order valence-electron chi connectivity index (χ3n) is 10.8. The number of nitrogens with zero attached hydrogens (tertiary/aromatic N) is 5. The van der Waals surface area contributed by atoms with E-state index in [0.29, 0.717) is 45.0 Å². The van der Waals surface area contributed by atoms with E-state index in [1.54, 1.807) is 23.3 Å². The Morgan fingerprint density at radius 1 is 1.04 bits per heavy atom. The van der Waals surface area contributed by atoms with E-state index in [0.717, 1.165) is 85.0 Å². The number of carbonyl (C=O) groups excluding carboxylic acids is 2. The molecule has 10 nitrogen and oxygen atoms in total. The van der Waals surface area contributed by atoms with Gasteiger partial charge in [0.25, 0.3) is 0 Å². The fourth-order valence-electron chi connectivity index (χ4n) is 7.73. The van der Waals surface area contributed by atoms with E-state index in [4.69, 9.17) is 24.0 Å². The molecule has 2 amide bonds. The Bertz CT molecular complexity index is 1570. The fraction of sp³-hybridized carbons (Fsp3) is 0.639. The molecule has 2 bridgehead atoms. The quantitative estimate of drug-likeness (QED) is 0.232. The zero-order valence-electron chi connectivity index (χ0n) is 28.1. The predicted molar refractivity (Wildman–Crippen MR) is 179 cm³/mol. The summed E-state index contributed by atoms with van der Waals surface area (Å²) in [5, 5.41) is 7.32. The minimum Gasteiger partial charge on any atom is -0.444 e. The fourth-order valence-corrected chi connectivity index (χ4v) is 8.51. The Morgan fingerprint density at radius 2 is 1.77 bits per heavy atom. The van der Waals surface area contributed by atoms with Crippen molar-refractivity contribution in [1.82, 2.24) is 20.0 Å². The van der Waals surface area contributed by atoms with Crippen LogP contribution in [0.15, 0.2) is 34.2 Å². The Balaban J connectivity index is 1.11. The van der Waals surface area contributed by atoms with Gasteiger partial charge in [-0.1, -0.05) is 17.3 Å². The molecule has 0 spiro atoms. The summed E-state index contributed by atoms with van der Waals surface area (Å²) in [4.78, 5) is 40.8. The van der Waals surface area contributed by atoms with Gasteiger partial charge in [-0.15, -0.1) is 11.3 Å². The van der Waals surface area contributed by atoms with Crippen LogP contribution in [0, 0.1) is 11.3 Å². The van der Waals surface area contributed by atoms with Crippen LogP contribution < -0.4 is 4.90 Å². The number of amides is 2. The SMILES string of the molecule is COCc1nc(-c2cccc(N(CC34CCC(c5nc(C6CC6)no5)(CC3)CC4)C(=O)C3CCN(C(=O)OC(C)(C)C)CC3)c2)cs1. The van der Waals surface area contributed by atoms with E-state index in [1.807, 2.05) is 26.8 Å². The molecule has 1 aromatic carbocycles. The summed E-state index contributed by atoms with van der Waals surface area (Å²) in [5.41, 5.74) is 2.25. The molecule has 0 radical (unpaired) electrons. The van der Waals surface area contributed by atoms with Crippen LogP contribution in [-0.2, 0) is 26.3 Å². The summed E-state index contributed by atoms with van der Waals surface area (Å²) < 4.78 is 16.8. The van der Waals surface area contributed by atoms with Crippen LogP contribution in [0.5, 0.6) is 0 Å². The second-order valence-corrected chi connectivity index (χ2v) is 16.2. The van der Waals surface area contributed by atoms with Crippen molar-refractivity contribution in [1.29, 1.82) is 0 Å². The molecule has 0 atom stereocenters. The average molecular weight is 662 g/mol. The van der Waals surface area contributed by atoms with Crippen molar-refractivity contribution in [2.75, 3.05) is 31.6 Å². The van der Waals surface area contributed by atoms with Gasteiger partial charge in [-0.25, -0.2) is 9.78 Å². The lowest BCUT2D eigenvalue weighted by atomic mass is 9.53. The second-order valence-electron chi connectivity index (χ2n) is 15.3. The maximum absolute atomic E-state index is 14.6. The van der Waals surface area contributed by atoms with Crippen molar-refractivity contribution in [2.45, 2.75) is 109 Å². The van der Waals surface area contributed by atoms with Gasteiger partial charge in [0.15, 0.2) is 5.82 Å². The lowest BCUT2D eigenvalue weighted by Crippen LogP contribution is -2.52. The van der Waals surface area contributed by atoms with Crippen LogP contribution in [0.3, 0.4) is 0 Å². The van der Waals surface area contributed by atoms with Crippen molar-refractivity contribution in [2.24, 2.45) is 11.3 Å². The van der Waals surface area contributed by atoms with Crippen molar-refractivity contribution in [3.8, 4) is 11.3 Å². The van der Waals surface area contributed by atoms with Gasteiger partial charge < -0.3 is 23.8 Å². The van der Waals surface area contributed by atoms with Crippen LogP contribution >= 0.6 is 11.3 Å². The van der Waals surface area contributed by atoms with E-state index in [-0.39, 0.29) is 28.7 Å². The average Bonchev–Trinajstić information content (AvgIpc) is 3.60.